The average Bonchev–Trinajstić information content (AvgIpc) is 2.74. The summed E-state index contributed by atoms with van der Waals surface area (Å²) in [5.41, 5.74) is 1.69. The Bertz CT molecular complexity index is 1160. The first-order valence-corrected chi connectivity index (χ1v) is 8.53. The van der Waals surface area contributed by atoms with Crippen molar-refractivity contribution in [3.05, 3.63) is 81.8 Å². The monoisotopic (exact) mass is 387 g/mol. The second-order valence-corrected chi connectivity index (χ2v) is 5.85. The van der Waals surface area contributed by atoms with Crippen LogP contribution in [0.5, 0.6) is 11.5 Å². The van der Waals surface area contributed by atoms with Crippen LogP contribution in [0.3, 0.4) is 0 Å². The summed E-state index contributed by atoms with van der Waals surface area (Å²) in [6.07, 6.45) is 4.37. The zero-order chi connectivity index (χ0) is 20.6. The van der Waals surface area contributed by atoms with Gasteiger partial charge in [-0.3, -0.25) is 4.79 Å². The van der Waals surface area contributed by atoms with Gasteiger partial charge in [0.25, 0.3) is 5.56 Å². The summed E-state index contributed by atoms with van der Waals surface area (Å²) in [6, 6.07) is 15.9. The smallest absolute Gasteiger partial charge is 0.268 e. The number of hydrogen-bond donors (Lipinski definition) is 3. The molecule has 0 aliphatic heterocycles. The van der Waals surface area contributed by atoms with Crippen molar-refractivity contribution in [2.24, 2.45) is 10.2 Å². The van der Waals surface area contributed by atoms with Crippen molar-refractivity contribution in [2.75, 3.05) is 12.4 Å². The fourth-order valence-electron chi connectivity index (χ4n) is 2.52. The van der Waals surface area contributed by atoms with Gasteiger partial charge in [-0.15, -0.1) is 0 Å². The molecule has 0 saturated carbocycles. The molecule has 3 N–H and O–H groups in total. The Balaban J connectivity index is 1.88. The number of phenolic OH excluding ortho intramolecular Hbond substituents is 1. The number of anilines is 2. The predicted molar refractivity (Wildman–Crippen MR) is 111 cm³/mol. The van der Waals surface area contributed by atoms with E-state index in [4.69, 9.17) is 4.74 Å². The van der Waals surface area contributed by atoms with Crippen molar-refractivity contribution in [1.29, 1.82) is 5.26 Å². The molecule has 1 aromatic heterocycles. The number of nitrogens with one attached hydrogen (secondary N) is 2. The molecule has 0 aliphatic carbocycles. The van der Waals surface area contributed by atoms with Crippen LogP contribution >= 0.6 is 0 Å². The van der Waals surface area contributed by atoms with E-state index in [9.17, 15) is 15.2 Å². The number of hydrogen-bond acceptors (Lipinski definition) is 7. The van der Waals surface area contributed by atoms with Gasteiger partial charge in [-0.2, -0.15) is 15.5 Å². The molecule has 0 atom stereocenters. The number of nitriles is 1. The van der Waals surface area contributed by atoms with E-state index in [-0.39, 0.29) is 11.3 Å². The maximum absolute atomic E-state index is 12.0. The molecule has 0 bridgehead atoms. The molecule has 3 aromatic rings. The Kier molecular flexibility index (Phi) is 6.02. The number of aromatic hydroxyl groups is 1. The Morgan fingerprint density at radius 1 is 1.17 bits per heavy atom. The minimum absolute atomic E-state index is 0.0297. The van der Waals surface area contributed by atoms with Crippen LogP contribution in [0.15, 0.2) is 69.7 Å². The number of aromatic nitrogens is 1. The third-order valence-electron chi connectivity index (χ3n) is 3.95. The van der Waals surface area contributed by atoms with Gasteiger partial charge in [0.15, 0.2) is 11.5 Å². The van der Waals surface area contributed by atoms with Gasteiger partial charge < -0.3 is 20.1 Å². The van der Waals surface area contributed by atoms with Crippen LogP contribution < -0.4 is 15.6 Å². The van der Waals surface area contributed by atoms with Crippen LogP contribution in [-0.2, 0) is 0 Å². The van der Waals surface area contributed by atoms with E-state index in [1.165, 1.54) is 31.8 Å². The van der Waals surface area contributed by atoms with E-state index < -0.39 is 5.56 Å². The molecule has 8 nitrogen and oxygen atoms in total. The number of para-hydroxylation sites is 1. The van der Waals surface area contributed by atoms with Crippen LogP contribution in [-0.4, -0.2) is 29.6 Å². The first-order chi connectivity index (χ1) is 14.1. The number of phenols is 1. The molecule has 0 radical (unpaired) electrons. The number of nitrogens with zero attached hydrogens (tertiary/aromatic N) is 3. The molecule has 0 amide bonds. The Morgan fingerprint density at radius 2 is 1.93 bits per heavy atom. The first kappa shape index (κ1) is 19.4. The Hall–Kier alpha value is -4.38. The highest BCUT2D eigenvalue weighted by Gasteiger charge is 2.11. The van der Waals surface area contributed by atoms with Gasteiger partial charge in [0.05, 0.1) is 25.2 Å². The molecule has 0 fully saturated rings. The fraction of sp³-hybridized carbons (Fsp3) is 0.0476. The van der Waals surface area contributed by atoms with Crippen LogP contribution in [0.1, 0.15) is 16.7 Å². The summed E-state index contributed by atoms with van der Waals surface area (Å²) in [4.78, 5) is 14.5. The minimum Gasteiger partial charge on any atom is -0.504 e. The lowest BCUT2D eigenvalue weighted by atomic mass is 10.1. The van der Waals surface area contributed by atoms with E-state index in [2.05, 4.69) is 20.5 Å². The lowest BCUT2D eigenvalue weighted by Gasteiger charge is -2.10. The van der Waals surface area contributed by atoms with Gasteiger partial charge in [-0.25, -0.2) is 0 Å². The predicted octanol–water partition coefficient (Wildman–Crippen LogP) is 3.16. The summed E-state index contributed by atoms with van der Waals surface area (Å²) < 4.78 is 5.05. The normalized spacial score (nSPS) is 10.9. The standard InChI is InChI=1S/C21H17N5O3/c1-29-19-9-14(7-8-18(19)27)11-24-25-13-15-12-23-21(28)17(10-22)20(15)26-16-5-3-2-4-6-16/h2-9,11-13,27H,1H3,(H2,23,26,28)/b24-11+,25-13+. The maximum Gasteiger partial charge on any atom is 0.268 e. The SMILES string of the molecule is COc1cc(/C=N/N=C/c2c[nH]c(=O)c(C#N)c2Nc2ccccc2)ccc1O. The van der Waals surface area contributed by atoms with Gasteiger partial charge in [-0.05, 0) is 35.9 Å². The lowest BCUT2D eigenvalue weighted by molar-refractivity contribution is 0.373. The number of H-pyrrole nitrogens is 1. The van der Waals surface area contributed by atoms with Gasteiger partial charge in [0.1, 0.15) is 11.6 Å². The highest BCUT2D eigenvalue weighted by Crippen LogP contribution is 2.25. The molecule has 8 heteroatoms. The zero-order valence-electron chi connectivity index (χ0n) is 15.5. The van der Waals surface area contributed by atoms with Crippen LogP contribution in [0.25, 0.3) is 0 Å². The van der Waals surface area contributed by atoms with Gasteiger partial charge in [-0.1, -0.05) is 18.2 Å². The topological polar surface area (TPSA) is 123 Å². The number of rotatable bonds is 6. The van der Waals surface area contributed by atoms with E-state index in [0.717, 1.165) is 5.69 Å². The highest BCUT2D eigenvalue weighted by molar-refractivity contribution is 5.91. The number of methoxy groups -OCH3 is 1. The molecule has 0 unspecified atom stereocenters. The van der Waals surface area contributed by atoms with E-state index >= 15 is 0 Å². The summed E-state index contributed by atoms with van der Waals surface area (Å²) in [5, 5.41) is 30.0. The van der Waals surface area contributed by atoms with Crippen molar-refractivity contribution in [1.82, 2.24) is 4.98 Å². The molecule has 1 heterocycles. The number of benzene rings is 2. The summed E-state index contributed by atoms with van der Waals surface area (Å²) in [5.74, 6) is 0.355. The molecular weight excluding hydrogens is 370 g/mol. The van der Waals surface area contributed by atoms with Gasteiger partial charge >= 0.3 is 0 Å². The number of aromatic amines is 1. The number of pyridine rings is 1. The Labute approximate surface area is 166 Å². The van der Waals surface area contributed by atoms with Crippen LogP contribution in [0.2, 0.25) is 0 Å². The molecule has 144 valence electrons. The van der Waals surface area contributed by atoms with E-state index in [1.807, 2.05) is 36.4 Å². The van der Waals surface area contributed by atoms with Gasteiger partial charge in [0.2, 0.25) is 0 Å². The molecule has 3 rings (SSSR count). The molecule has 0 aliphatic rings. The second kappa shape index (κ2) is 9.01. The zero-order valence-corrected chi connectivity index (χ0v) is 15.5. The highest BCUT2D eigenvalue weighted by atomic mass is 16.5. The van der Waals surface area contributed by atoms with Crippen molar-refractivity contribution >= 4 is 23.8 Å². The maximum atomic E-state index is 12.0. The molecule has 2 aromatic carbocycles. The minimum atomic E-state index is -0.497. The fourth-order valence-corrected chi connectivity index (χ4v) is 2.52. The van der Waals surface area contributed by atoms with Crippen LogP contribution in [0, 0.1) is 11.3 Å². The van der Waals surface area contributed by atoms with Gasteiger partial charge in [0, 0.05) is 17.4 Å². The Morgan fingerprint density at radius 3 is 2.66 bits per heavy atom. The molecule has 29 heavy (non-hydrogen) atoms. The molecule has 0 saturated heterocycles. The number of ether oxygens (including phenoxy) is 1. The van der Waals surface area contributed by atoms with Crippen molar-refractivity contribution in [3.63, 3.8) is 0 Å². The van der Waals surface area contributed by atoms with E-state index in [0.29, 0.717) is 22.6 Å². The van der Waals surface area contributed by atoms with Crippen LogP contribution in [0.4, 0.5) is 11.4 Å². The second-order valence-electron chi connectivity index (χ2n) is 5.85. The largest absolute Gasteiger partial charge is 0.504 e. The van der Waals surface area contributed by atoms with Crippen molar-refractivity contribution < 1.29 is 9.84 Å². The molecular formula is C21H17N5O3. The third kappa shape index (κ3) is 4.67. The first-order valence-electron chi connectivity index (χ1n) is 8.53. The van der Waals surface area contributed by atoms with Crippen molar-refractivity contribution in [3.8, 4) is 17.6 Å². The van der Waals surface area contributed by atoms with E-state index in [1.54, 1.807) is 12.1 Å². The quantitative estimate of drug-likeness (QED) is 0.443. The summed E-state index contributed by atoms with van der Waals surface area (Å²) in [6.45, 7) is 0. The third-order valence-corrected chi connectivity index (χ3v) is 3.95. The molecule has 0 spiro atoms. The average molecular weight is 387 g/mol. The summed E-state index contributed by atoms with van der Waals surface area (Å²) >= 11 is 0. The summed E-state index contributed by atoms with van der Waals surface area (Å²) in [7, 11) is 1.46. The lowest BCUT2D eigenvalue weighted by Crippen LogP contribution is -2.14. The van der Waals surface area contributed by atoms with Crippen molar-refractivity contribution in [2.45, 2.75) is 0 Å².